The fourth-order valence-electron chi connectivity index (χ4n) is 1.95. The average molecular weight is 354 g/mol. The summed E-state index contributed by atoms with van der Waals surface area (Å²) in [5.74, 6) is 0.844. The fourth-order valence-corrected chi connectivity index (χ4v) is 2.43. The molecule has 0 fully saturated rings. The molecule has 6 heteroatoms. The van der Waals surface area contributed by atoms with Gasteiger partial charge in [-0.25, -0.2) is 0 Å². The number of methoxy groups -OCH3 is 1. The van der Waals surface area contributed by atoms with Crippen LogP contribution in [-0.2, 0) is 11.3 Å². The molecule has 0 aliphatic heterocycles. The molecular formula is C17H17Cl2NO3. The average Bonchev–Trinajstić information content (AvgIpc) is 2.54. The van der Waals surface area contributed by atoms with E-state index in [-0.39, 0.29) is 5.91 Å². The Kier molecular flexibility index (Phi) is 6.13. The lowest BCUT2D eigenvalue weighted by Gasteiger charge is -2.16. The van der Waals surface area contributed by atoms with Crippen LogP contribution >= 0.6 is 23.2 Å². The molecule has 4 nitrogen and oxygen atoms in total. The highest BCUT2D eigenvalue weighted by Gasteiger charge is 2.16. The fraction of sp³-hybridized carbons (Fsp3) is 0.235. The molecule has 23 heavy (non-hydrogen) atoms. The van der Waals surface area contributed by atoms with E-state index in [9.17, 15) is 4.79 Å². The van der Waals surface area contributed by atoms with E-state index in [2.05, 4.69) is 5.32 Å². The lowest BCUT2D eigenvalue weighted by Crippen LogP contribution is -2.36. The number of hydrogen-bond acceptors (Lipinski definition) is 3. The van der Waals surface area contributed by atoms with Gasteiger partial charge < -0.3 is 14.8 Å². The van der Waals surface area contributed by atoms with Crippen LogP contribution in [0, 0.1) is 0 Å². The number of carbonyl (C=O) groups is 1. The van der Waals surface area contributed by atoms with Crippen molar-refractivity contribution in [1.29, 1.82) is 0 Å². The van der Waals surface area contributed by atoms with E-state index < -0.39 is 6.10 Å². The third-order valence-corrected chi connectivity index (χ3v) is 3.80. The number of para-hydroxylation sites is 2. The Morgan fingerprint density at radius 2 is 1.87 bits per heavy atom. The summed E-state index contributed by atoms with van der Waals surface area (Å²) in [7, 11) is 1.55. The van der Waals surface area contributed by atoms with Crippen LogP contribution in [0.2, 0.25) is 10.0 Å². The third-order valence-electron chi connectivity index (χ3n) is 3.21. The normalized spacial score (nSPS) is 11.7. The van der Waals surface area contributed by atoms with Crippen LogP contribution in [-0.4, -0.2) is 19.1 Å². The summed E-state index contributed by atoms with van der Waals surface area (Å²) in [5, 5.41) is 3.85. The van der Waals surface area contributed by atoms with Crippen LogP contribution in [0.3, 0.4) is 0 Å². The van der Waals surface area contributed by atoms with Crippen LogP contribution in [0.15, 0.2) is 42.5 Å². The summed E-state index contributed by atoms with van der Waals surface area (Å²) in [4.78, 5) is 12.2. The minimum atomic E-state index is -0.669. The van der Waals surface area contributed by atoms with Crippen LogP contribution in [0.25, 0.3) is 0 Å². The van der Waals surface area contributed by atoms with Crippen molar-refractivity contribution < 1.29 is 14.3 Å². The van der Waals surface area contributed by atoms with Crippen LogP contribution < -0.4 is 14.8 Å². The minimum absolute atomic E-state index is 0.248. The number of hydrogen-bond donors (Lipinski definition) is 1. The number of rotatable bonds is 6. The first-order valence-electron chi connectivity index (χ1n) is 7.02. The van der Waals surface area contributed by atoms with Crippen molar-refractivity contribution in [3.8, 4) is 11.5 Å². The Hall–Kier alpha value is -1.91. The molecule has 0 aliphatic carbocycles. The number of carbonyl (C=O) groups excluding carboxylic acids is 1. The van der Waals surface area contributed by atoms with Gasteiger partial charge in [-0.05, 0) is 36.8 Å². The summed E-state index contributed by atoms with van der Waals surface area (Å²) in [6, 6.07) is 12.3. The Morgan fingerprint density at radius 1 is 1.17 bits per heavy atom. The first-order chi connectivity index (χ1) is 11.0. The zero-order chi connectivity index (χ0) is 16.8. The summed E-state index contributed by atoms with van der Waals surface area (Å²) in [5.41, 5.74) is 0.786. The largest absolute Gasteiger partial charge is 0.493 e. The van der Waals surface area contributed by atoms with Gasteiger partial charge in [0.05, 0.1) is 7.11 Å². The van der Waals surface area contributed by atoms with Gasteiger partial charge in [0.1, 0.15) is 0 Å². The van der Waals surface area contributed by atoms with Gasteiger partial charge in [0.25, 0.3) is 5.91 Å². The Bertz CT molecular complexity index is 691. The van der Waals surface area contributed by atoms with Crippen molar-refractivity contribution in [2.75, 3.05) is 7.11 Å². The molecule has 0 aromatic heterocycles. The van der Waals surface area contributed by atoms with Crippen LogP contribution in [0.5, 0.6) is 11.5 Å². The van der Waals surface area contributed by atoms with E-state index in [0.717, 1.165) is 5.56 Å². The van der Waals surface area contributed by atoms with E-state index >= 15 is 0 Å². The Morgan fingerprint density at radius 3 is 2.52 bits per heavy atom. The molecule has 0 saturated heterocycles. The quantitative estimate of drug-likeness (QED) is 0.850. The Balaban J connectivity index is 1.95. The van der Waals surface area contributed by atoms with Gasteiger partial charge in [0.2, 0.25) is 0 Å². The summed E-state index contributed by atoms with van der Waals surface area (Å²) >= 11 is 11.9. The topological polar surface area (TPSA) is 47.6 Å². The highest BCUT2D eigenvalue weighted by molar-refractivity contribution is 6.35. The van der Waals surface area contributed by atoms with Crippen molar-refractivity contribution in [3.63, 3.8) is 0 Å². The molecule has 0 bridgehead atoms. The number of benzene rings is 2. The molecule has 1 atom stereocenters. The standard InChI is InChI=1S/C17H17Cl2NO3/c1-11(23-16-6-4-3-5-15(16)22-2)17(21)20-10-12-7-8-13(18)9-14(12)19/h3-9,11H,10H2,1-2H3,(H,20,21)/t11-/m0/s1. The molecule has 0 saturated carbocycles. The van der Waals surface area contributed by atoms with Crippen LogP contribution in [0.4, 0.5) is 0 Å². The minimum Gasteiger partial charge on any atom is -0.493 e. The van der Waals surface area contributed by atoms with E-state index in [4.69, 9.17) is 32.7 Å². The van der Waals surface area contributed by atoms with Gasteiger partial charge in [-0.3, -0.25) is 4.79 Å². The molecule has 2 rings (SSSR count). The smallest absolute Gasteiger partial charge is 0.261 e. The second-order valence-corrected chi connectivity index (χ2v) is 5.71. The number of nitrogens with one attached hydrogen (secondary N) is 1. The van der Waals surface area contributed by atoms with Crippen molar-refractivity contribution in [2.24, 2.45) is 0 Å². The molecule has 0 aliphatic rings. The predicted octanol–water partition coefficient (Wildman–Crippen LogP) is 4.09. The van der Waals surface area contributed by atoms with E-state index in [1.165, 1.54) is 0 Å². The number of amides is 1. The summed E-state index contributed by atoms with van der Waals surface area (Å²) in [6.45, 7) is 1.97. The van der Waals surface area contributed by atoms with Crippen molar-refractivity contribution >= 4 is 29.1 Å². The molecule has 1 amide bonds. The van der Waals surface area contributed by atoms with Gasteiger partial charge in [0.15, 0.2) is 17.6 Å². The second-order valence-electron chi connectivity index (χ2n) is 4.86. The lowest BCUT2D eigenvalue weighted by molar-refractivity contribution is -0.127. The third kappa shape index (κ3) is 4.78. The van der Waals surface area contributed by atoms with Gasteiger partial charge in [-0.15, -0.1) is 0 Å². The van der Waals surface area contributed by atoms with Crippen molar-refractivity contribution in [1.82, 2.24) is 5.32 Å². The van der Waals surface area contributed by atoms with E-state index in [0.29, 0.717) is 28.1 Å². The molecule has 2 aromatic carbocycles. The molecule has 122 valence electrons. The first-order valence-corrected chi connectivity index (χ1v) is 7.78. The zero-order valence-corrected chi connectivity index (χ0v) is 14.3. The molecule has 1 N–H and O–H groups in total. The van der Waals surface area contributed by atoms with Gasteiger partial charge in [0, 0.05) is 16.6 Å². The summed E-state index contributed by atoms with van der Waals surface area (Å²) in [6.07, 6.45) is -0.669. The maximum Gasteiger partial charge on any atom is 0.261 e. The molecule has 2 aromatic rings. The second kappa shape index (κ2) is 8.09. The highest BCUT2D eigenvalue weighted by atomic mass is 35.5. The maximum atomic E-state index is 12.2. The molecule has 0 unspecified atom stereocenters. The number of halogens is 2. The maximum absolute atomic E-state index is 12.2. The van der Waals surface area contributed by atoms with Crippen LogP contribution in [0.1, 0.15) is 12.5 Å². The zero-order valence-electron chi connectivity index (χ0n) is 12.8. The molecule has 0 radical (unpaired) electrons. The Labute approximate surface area is 145 Å². The SMILES string of the molecule is COc1ccccc1O[C@@H](C)C(=O)NCc1ccc(Cl)cc1Cl. The molecule has 0 heterocycles. The molecular weight excluding hydrogens is 337 g/mol. The molecule has 0 spiro atoms. The first kappa shape index (κ1) is 17.4. The lowest BCUT2D eigenvalue weighted by atomic mass is 10.2. The predicted molar refractivity (Wildman–Crippen MR) is 91.4 cm³/mol. The van der Waals surface area contributed by atoms with Gasteiger partial charge in [-0.1, -0.05) is 41.4 Å². The highest BCUT2D eigenvalue weighted by Crippen LogP contribution is 2.27. The monoisotopic (exact) mass is 353 g/mol. The van der Waals surface area contributed by atoms with E-state index in [1.54, 1.807) is 44.4 Å². The van der Waals surface area contributed by atoms with Crippen molar-refractivity contribution in [2.45, 2.75) is 19.6 Å². The van der Waals surface area contributed by atoms with Gasteiger partial charge >= 0.3 is 0 Å². The summed E-state index contributed by atoms with van der Waals surface area (Å²) < 4.78 is 10.8. The van der Waals surface area contributed by atoms with Crippen molar-refractivity contribution in [3.05, 3.63) is 58.1 Å². The number of ether oxygens (including phenoxy) is 2. The van der Waals surface area contributed by atoms with E-state index in [1.807, 2.05) is 12.1 Å². The van der Waals surface area contributed by atoms with Gasteiger partial charge in [-0.2, -0.15) is 0 Å².